The molecular formula is C16H24N2. The Hall–Kier alpha value is -0.890. The highest BCUT2D eigenvalue weighted by Gasteiger charge is 2.36. The number of hydrogen-bond acceptors (Lipinski definition) is 2. The minimum absolute atomic E-state index is 0.736. The van der Waals surface area contributed by atoms with Gasteiger partial charge < -0.3 is 5.32 Å². The van der Waals surface area contributed by atoms with Crippen molar-refractivity contribution in [3.8, 4) is 0 Å². The molecule has 2 heteroatoms. The van der Waals surface area contributed by atoms with Crippen LogP contribution >= 0.6 is 0 Å². The van der Waals surface area contributed by atoms with Gasteiger partial charge in [-0.15, -0.1) is 0 Å². The molecule has 0 saturated heterocycles. The maximum absolute atomic E-state index is 4.69. The van der Waals surface area contributed by atoms with E-state index in [1.165, 1.54) is 56.3 Å². The zero-order valence-electron chi connectivity index (χ0n) is 11.4. The summed E-state index contributed by atoms with van der Waals surface area (Å²) in [5.74, 6) is 2.46. The average Bonchev–Trinajstić information content (AvgIpc) is 2.84. The molecule has 98 valence electrons. The third-order valence-corrected chi connectivity index (χ3v) is 4.95. The van der Waals surface area contributed by atoms with Gasteiger partial charge in [-0.1, -0.05) is 18.9 Å². The second kappa shape index (κ2) is 5.40. The van der Waals surface area contributed by atoms with Crippen molar-refractivity contribution in [3.05, 3.63) is 29.6 Å². The molecule has 0 aromatic carbocycles. The van der Waals surface area contributed by atoms with Crippen molar-refractivity contribution in [1.29, 1.82) is 0 Å². The number of aryl methyl sites for hydroxylation is 1. The second-order valence-corrected chi connectivity index (χ2v) is 5.96. The van der Waals surface area contributed by atoms with Crippen LogP contribution in [-0.2, 0) is 6.42 Å². The van der Waals surface area contributed by atoms with E-state index in [4.69, 9.17) is 4.98 Å². The van der Waals surface area contributed by atoms with Gasteiger partial charge in [0.1, 0.15) is 0 Å². The molecule has 1 aromatic heterocycles. The van der Waals surface area contributed by atoms with Crippen LogP contribution in [0.5, 0.6) is 0 Å². The fourth-order valence-electron chi connectivity index (χ4n) is 4.14. The van der Waals surface area contributed by atoms with Crippen molar-refractivity contribution in [1.82, 2.24) is 10.3 Å². The van der Waals surface area contributed by atoms with E-state index >= 15 is 0 Å². The maximum atomic E-state index is 4.69. The fraction of sp³-hybridized carbons (Fsp3) is 0.688. The Morgan fingerprint density at radius 1 is 1.28 bits per heavy atom. The fourth-order valence-corrected chi connectivity index (χ4v) is 4.14. The summed E-state index contributed by atoms with van der Waals surface area (Å²) in [6.45, 7) is 1.18. The Labute approximate surface area is 110 Å². The maximum Gasteiger partial charge on any atom is 0.0469 e. The van der Waals surface area contributed by atoms with Gasteiger partial charge in [0.25, 0.3) is 0 Å². The van der Waals surface area contributed by atoms with Gasteiger partial charge in [0.2, 0.25) is 0 Å². The predicted molar refractivity (Wildman–Crippen MR) is 74.7 cm³/mol. The molecule has 18 heavy (non-hydrogen) atoms. The largest absolute Gasteiger partial charge is 0.319 e. The molecule has 0 aliphatic heterocycles. The summed E-state index contributed by atoms with van der Waals surface area (Å²) in [6, 6.07) is 4.37. The van der Waals surface area contributed by atoms with E-state index in [9.17, 15) is 0 Å². The SMILES string of the molecule is CNCC1CCCCC1C1CCc2cccnc21. The van der Waals surface area contributed by atoms with Crippen molar-refractivity contribution in [2.75, 3.05) is 13.6 Å². The van der Waals surface area contributed by atoms with Gasteiger partial charge in [0.15, 0.2) is 0 Å². The molecular weight excluding hydrogens is 220 g/mol. The third kappa shape index (κ3) is 2.18. The molecule has 1 saturated carbocycles. The van der Waals surface area contributed by atoms with E-state index in [1.54, 1.807) is 0 Å². The Morgan fingerprint density at radius 3 is 3.06 bits per heavy atom. The number of hydrogen-bond donors (Lipinski definition) is 1. The summed E-state index contributed by atoms with van der Waals surface area (Å²) in [5.41, 5.74) is 2.93. The van der Waals surface area contributed by atoms with Crippen molar-refractivity contribution < 1.29 is 0 Å². The first kappa shape index (κ1) is 12.2. The summed E-state index contributed by atoms with van der Waals surface area (Å²) in [4.78, 5) is 4.69. The Morgan fingerprint density at radius 2 is 2.17 bits per heavy atom. The van der Waals surface area contributed by atoms with Crippen LogP contribution in [0.2, 0.25) is 0 Å². The summed E-state index contributed by atoms with van der Waals surface area (Å²) >= 11 is 0. The third-order valence-electron chi connectivity index (χ3n) is 4.95. The van der Waals surface area contributed by atoms with Crippen LogP contribution in [0.25, 0.3) is 0 Å². The quantitative estimate of drug-likeness (QED) is 0.883. The van der Waals surface area contributed by atoms with Crippen molar-refractivity contribution >= 4 is 0 Å². The van der Waals surface area contributed by atoms with Crippen molar-refractivity contribution in [2.24, 2.45) is 11.8 Å². The molecule has 1 aromatic rings. The van der Waals surface area contributed by atoms with Crippen molar-refractivity contribution in [3.63, 3.8) is 0 Å². The van der Waals surface area contributed by atoms with Crippen LogP contribution in [0, 0.1) is 11.8 Å². The average molecular weight is 244 g/mol. The zero-order chi connectivity index (χ0) is 12.4. The lowest BCUT2D eigenvalue weighted by molar-refractivity contribution is 0.195. The van der Waals surface area contributed by atoms with Gasteiger partial charge in [-0.2, -0.15) is 0 Å². The van der Waals surface area contributed by atoms with Crippen LogP contribution in [0.3, 0.4) is 0 Å². The predicted octanol–water partition coefficient (Wildman–Crippen LogP) is 3.14. The molecule has 3 atom stereocenters. The van der Waals surface area contributed by atoms with E-state index in [2.05, 4.69) is 24.5 Å². The van der Waals surface area contributed by atoms with E-state index < -0.39 is 0 Å². The first-order valence-electron chi connectivity index (χ1n) is 7.48. The van der Waals surface area contributed by atoms with Gasteiger partial charge in [0.05, 0.1) is 0 Å². The minimum Gasteiger partial charge on any atom is -0.319 e. The van der Waals surface area contributed by atoms with E-state index in [0.29, 0.717) is 0 Å². The molecule has 2 nitrogen and oxygen atoms in total. The highest BCUT2D eigenvalue weighted by atomic mass is 14.8. The van der Waals surface area contributed by atoms with E-state index in [1.807, 2.05) is 6.20 Å². The summed E-state index contributed by atoms with van der Waals surface area (Å²) < 4.78 is 0. The lowest BCUT2D eigenvalue weighted by atomic mass is 9.71. The molecule has 0 amide bonds. The molecule has 0 radical (unpaired) electrons. The second-order valence-electron chi connectivity index (χ2n) is 5.96. The van der Waals surface area contributed by atoms with Crippen LogP contribution < -0.4 is 5.32 Å². The van der Waals surface area contributed by atoms with Crippen LogP contribution in [0.1, 0.15) is 49.3 Å². The molecule has 1 fully saturated rings. The molecule has 3 rings (SSSR count). The highest BCUT2D eigenvalue weighted by molar-refractivity contribution is 5.29. The molecule has 0 spiro atoms. The number of aromatic nitrogens is 1. The molecule has 2 aliphatic rings. The summed E-state index contributed by atoms with van der Waals surface area (Å²) in [7, 11) is 2.09. The molecule has 3 unspecified atom stereocenters. The van der Waals surface area contributed by atoms with Gasteiger partial charge >= 0.3 is 0 Å². The molecule has 2 aliphatic carbocycles. The Bertz CT molecular complexity index is 400. The normalized spacial score (nSPS) is 31.3. The topological polar surface area (TPSA) is 24.9 Å². The van der Waals surface area contributed by atoms with Crippen molar-refractivity contribution in [2.45, 2.75) is 44.4 Å². The number of nitrogens with one attached hydrogen (secondary N) is 1. The van der Waals surface area contributed by atoms with E-state index in [0.717, 1.165) is 17.8 Å². The van der Waals surface area contributed by atoms with Gasteiger partial charge in [-0.25, -0.2) is 0 Å². The smallest absolute Gasteiger partial charge is 0.0469 e. The Balaban J connectivity index is 1.81. The number of pyridine rings is 1. The number of nitrogens with zero attached hydrogens (tertiary/aromatic N) is 1. The zero-order valence-corrected chi connectivity index (χ0v) is 11.4. The van der Waals surface area contributed by atoms with Crippen LogP contribution in [-0.4, -0.2) is 18.6 Å². The van der Waals surface area contributed by atoms with Crippen LogP contribution in [0.15, 0.2) is 18.3 Å². The first-order valence-corrected chi connectivity index (χ1v) is 7.48. The first-order chi connectivity index (χ1) is 8.90. The standard InChI is InChI=1S/C16H24N2/c1-17-11-13-5-2-3-7-14(13)15-9-8-12-6-4-10-18-16(12)15/h4,6,10,13-15,17H,2-3,5,7-9,11H2,1H3. The highest BCUT2D eigenvalue weighted by Crippen LogP contribution is 2.45. The van der Waals surface area contributed by atoms with Crippen LogP contribution in [0.4, 0.5) is 0 Å². The lowest BCUT2D eigenvalue weighted by Crippen LogP contribution is -2.32. The molecule has 0 bridgehead atoms. The van der Waals surface area contributed by atoms with Gasteiger partial charge in [-0.05, 0) is 62.7 Å². The van der Waals surface area contributed by atoms with Gasteiger partial charge in [-0.3, -0.25) is 4.98 Å². The van der Waals surface area contributed by atoms with Gasteiger partial charge in [0, 0.05) is 17.8 Å². The van der Waals surface area contributed by atoms with E-state index in [-0.39, 0.29) is 0 Å². The minimum atomic E-state index is 0.736. The Kier molecular flexibility index (Phi) is 3.64. The molecule has 1 heterocycles. The summed E-state index contributed by atoms with van der Waals surface area (Å²) in [5, 5.41) is 3.39. The summed E-state index contributed by atoms with van der Waals surface area (Å²) in [6.07, 6.45) is 10.2. The number of fused-ring (bicyclic) bond motifs is 1. The lowest BCUT2D eigenvalue weighted by Gasteiger charge is -2.35. The number of rotatable bonds is 3. The molecule has 1 N–H and O–H groups in total. The monoisotopic (exact) mass is 244 g/mol.